The molecule has 1 nitrogen and oxygen atoms in total. The summed E-state index contributed by atoms with van der Waals surface area (Å²) < 4.78 is 4.84. The average molecular weight is 983 g/mol. The molecule has 0 fully saturated rings. The lowest BCUT2D eigenvalue weighted by atomic mass is 9.93. The summed E-state index contributed by atoms with van der Waals surface area (Å²) in [6, 6.07) is 69.1. The molecule has 75 heavy (non-hydrogen) atoms. The van der Waals surface area contributed by atoms with Gasteiger partial charge in [0.15, 0.2) is 0 Å². The monoisotopic (exact) mass is 983 g/mol. The van der Waals surface area contributed by atoms with Gasteiger partial charge in [0, 0.05) is 0 Å². The first-order valence-electron chi connectivity index (χ1n) is 26.4. The summed E-state index contributed by atoms with van der Waals surface area (Å²) in [6.07, 6.45) is 7.49. The Labute approximate surface area is 449 Å². The smallest absolute Gasteiger partial charge is 0.0934 e. The molecule has 0 spiro atoms. The summed E-state index contributed by atoms with van der Waals surface area (Å²) >= 11 is 0. The van der Waals surface area contributed by atoms with Crippen LogP contribution in [0.1, 0.15) is 80.6 Å². The third-order valence-corrected chi connectivity index (χ3v) is 14.5. The number of aryl methyl sites for hydroxylation is 12. The van der Waals surface area contributed by atoms with E-state index in [0.717, 1.165) is 0 Å². The molecular formula is C74H78O. The number of furan rings is 1. The standard InChI is InChI=1S/2C16H14.2C12H12.C8H10.C6H8O.C4H8/c1-11-12(2)14-8-4-6-10-16(14)15-9-5-3-7-13(11)15;1-11-7-15-9-13-5-3-4-6-14(13)10-16(15)8-12(11)2;1-9-7-11-5-3-4-6-12(11)8-10(9)2;1-9-7-8-11-5-3-4-6-12(11)10(9)2;1-7-5-3-4-6-8(7)2;1-5-3-7-4-6(5)2;1-3-4-2/h2*3-10H,1-2H3;2*3-8H,1-2H3;3-6H,1-2H3;3-4H,1-2H3;3-4H,1-2H3/b;;;;;;4-3-. The van der Waals surface area contributed by atoms with Crippen molar-refractivity contribution in [3.05, 3.63) is 286 Å². The minimum Gasteiger partial charge on any atom is -0.472 e. The molecule has 12 rings (SSSR count). The molecule has 0 N–H and O–H groups in total. The van der Waals surface area contributed by atoms with Crippen molar-refractivity contribution in [2.24, 2.45) is 0 Å². The van der Waals surface area contributed by atoms with Crippen LogP contribution in [-0.4, -0.2) is 0 Å². The molecule has 0 aliphatic heterocycles. The average Bonchev–Trinajstić information content (AvgIpc) is 3.81. The van der Waals surface area contributed by atoms with E-state index in [1.165, 1.54) is 131 Å². The number of fused-ring (bicyclic) bond motifs is 7. The highest BCUT2D eigenvalue weighted by atomic mass is 16.3. The SMILES string of the molecule is C/C=C\C.Cc1c(C)c2ccccc2c2ccccc12.Cc1cc2cc3ccccc3cc2cc1C.Cc1cc2ccccc2cc1C.Cc1ccc2ccccc2c1C.Cc1ccccc1C.Cc1cocc1C. The van der Waals surface area contributed by atoms with Gasteiger partial charge in [0.25, 0.3) is 0 Å². The molecule has 0 amide bonds. The molecule has 1 aromatic heterocycles. The lowest BCUT2D eigenvalue weighted by molar-refractivity contribution is 0.564. The van der Waals surface area contributed by atoms with Crippen LogP contribution in [0.5, 0.6) is 0 Å². The first-order chi connectivity index (χ1) is 36.1. The van der Waals surface area contributed by atoms with Crippen molar-refractivity contribution in [1.29, 1.82) is 0 Å². The molecular weight excluding hydrogens is 905 g/mol. The fraction of sp³-hybridized carbons (Fsp3) is 0.189. The van der Waals surface area contributed by atoms with Gasteiger partial charge in [-0.25, -0.2) is 0 Å². The first kappa shape index (κ1) is 56.3. The summed E-state index contributed by atoms with van der Waals surface area (Å²) in [5.41, 5.74) is 16.2. The summed E-state index contributed by atoms with van der Waals surface area (Å²) in [5, 5.41) is 16.2. The minimum atomic E-state index is 1.22. The largest absolute Gasteiger partial charge is 0.472 e. The van der Waals surface area contributed by atoms with Gasteiger partial charge >= 0.3 is 0 Å². The van der Waals surface area contributed by atoms with E-state index < -0.39 is 0 Å². The molecule has 0 unspecified atom stereocenters. The van der Waals surface area contributed by atoms with Gasteiger partial charge in [0.1, 0.15) is 0 Å². The van der Waals surface area contributed by atoms with Crippen LogP contribution >= 0.6 is 0 Å². The third kappa shape index (κ3) is 15.1. The van der Waals surface area contributed by atoms with Crippen LogP contribution in [0.2, 0.25) is 0 Å². The molecule has 0 saturated heterocycles. The Hall–Kier alpha value is -8.00. The van der Waals surface area contributed by atoms with E-state index in [1.54, 1.807) is 12.5 Å². The molecule has 12 aromatic rings. The van der Waals surface area contributed by atoms with Crippen molar-refractivity contribution in [2.75, 3.05) is 0 Å². The van der Waals surface area contributed by atoms with Gasteiger partial charge < -0.3 is 4.42 Å². The van der Waals surface area contributed by atoms with Crippen LogP contribution in [0.15, 0.2) is 223 Å². The molecule has 1 heterocycles. The van der Waals surface area contributed by atoms with Gasteiger partial charge in [-0.3, -0.25) is 0 Å². The van der Waals surface area contributed by atoms with E-state index in [2.05, 4.69) is 263 Å². The van der Waals surface area contributed by atoms with Crippen molar-refractivity contribution in [2.45, 2.75) is 96.9 Å². The number of benzene rings is 11. The summed E-state index contributed by atoms with van der Waals surface area (Å²) in [4.78, 5) is 0. The maximum Gasteiger partial charge on any atom is 0.0934 e. The second-order valence-electron chi connectivity index (χ2n) is 19.8. The van der Waals surface area contributed by atoms with E-state index in [1.807, 2.05) is 39.8 Å². The lowest BCUT2D eigenvalue weighted by Crippen LogP contribution is -1.87. The molecule has 0 aliphatic carbocycles. The normalized spacial score (nSPS) is 10.5. The Kier molecular flexibility index (Phi) is 20.5. The van der Waals surface area contributed by atoms with Crippen molar-refractivity contribution in [3.8, 4) is 0 Å². The summed E-state index contributed by atoms with van der Waals surface area (Å²) in [6.45, 7) is 29.7. The van der Waals surface area contributed by atoms with Crippen LogP contribution < -0.4 is 0 Å². The highest BCUT2D eigenvalue weighted by Gasteiger charge is 2.07. The topological polar surface area (TPSA) is 13.1 Å². The van der Waals surface area contributed by atoms with E-state index >= 15 is 0 Å². The fourth-order valence-electron chi connectivity index (χ4n) is 8.80. The highest BCUT2D eigenvalue weighted by molar-refractivity contribution is 6.10. The molecule has 0 radical (unpaired) electrons. The quantitative estimate of drug-likeness (QED) is 0.0838. The number of hydrogen-bond donors (Lipinski definition) is 0. The zero-order valence-electron chi connectivity index (χ0n) is 47.2. The Morgan fingerprint density at radius 2 is 0.533 bits per heavy atom. The number of hydrogen-bond acceptors (Lipinski definition) is 1. The molecule has 1 heteroatoms. The Morgan fingerprint density at radius 1 is 0.227 bits per heavy atom. The van der Waals surface area contributed by atoms with E-state index in [-0.39, 0.29) is 0 Å². The van der Waals surface area contributed by atoms with E-state index in [0.29, 0.717) is 0 Å². The predicted octanol–water partition coefficient (Wildman–Crippen LogP) is 21.9. The minimum absolute atomic E-state index is 1.22. The molecule has 0 saturated carbocycles. The van der Waals surface area contributed by atoms with Crippen LogP contribution in [0, 0.1) is 83.1 Å². The van der Waals surface area contributed by atoms with Crippen molar-refractivity contribution >= 4 is 64.6 Å². The summed E-state index contributed by atoms with van der Waals surface area (Å²) in [5.74, 6) is 0. The maximum atomic E-state index is 4.84. The molecule has 0 bridgehead atoms. The zero-order valence-corrected chi connectivity index (χ0v) is 47.2. The van der Waals surface area contributed by atoms with Crippen LogP contribution in [-0.2, 0) is 0 Å². The van der Waals surface area contributed by atoms with Crippen molar-refractivity contribution in [3.63, 3.8) is 0 Å². The first-order valence-corrected chi connectivity index (χ1v) is 26.4. The van der Waals surface area contributed by atoms with Gasteiger partial charge in [-0.05, 0) is 240 Å². The third-order valence-electron chi connectivity index (χ3n) is 14.5. The zero-order chi connectivity index (χ0) is 54.0. The van der Waals surface area contributed by atoms with Gasteiger partial charge in [0.2, 0.25) is 0 Å². The number of allylic oxidation sites excluding steroid dienone is 2. The van der Waals surface area contributed by atoms with Crippen molar-refractivity contribution in [1.82, 2.24) is 0 Å². The highest BCUT2D eigenvalue weighted by Crippen LogP contribution is 2.32. The molecule has 0 atom stereocenters. The Bertz CT molecular complexity index is 3610. The Morgan fingerprint density at radius 3 is 0.880 bits per heavy atom. The van der Waals surface area contributed by atoms with Gasteiger partial charge in [-0.1, -0.05) is 194 Å². The van der Waals surface area contributed by atoms with Gasteiger partial charge in [0.05, 0.1) is 12.5 Å². The molecule has 11 aromatic carbocycles. The molecule has 0 aliphatic rings. The second-order valence-corrected chi connectivity index (χ2v) is 19.8. The summed E-state index contributed by atoms with van der Waals surface area (Å²) in [7, 11) is 0. The lowest BCUT2D eigenvalue weighted by Gasteiger charge is -2.11. The molecule has 380 valence electrons. The van der Waals surface area contributed by atoms with E-state index in [4.69, 9.17) is 4.42 Å². The van der Waals surface area contributed by atoms with Crippen LogP contribution in [0.3, 0.4) is 0 Å². The number of rotatable bonds is 0. The second kappa shape index (κ2) is 27.3. The van der Waals surface area contributed by atoms with Gasteiger partial charge in [-0.2, -0.15) is 0 Å². The van der Waals surface area contributed by atoms with Crippen molar-refractivity contribution < 1.29 is 4.42 Å². The van der Waals surface area contributed by atoms with Crippen LogP contribution in [0.25, 0.3) is 64.6 Å². The van der Waals surface area contributed by atoms with Gasteiger partial charge in [-0.15, -0.1) is 0 Å². The maximum absolute atomic E-state index is 4.84. The van der Waals surface area contributed by atoms with Crippen LogP contribution in [0.4, 0.5) is 0 Å². The fourth-order valence-corrected chi connectivity index (χ4v) is 8.80. The Balaban J connectivity index is 0.000000147. The van der Waals surface area contributed by atoms with E-state index in [9.17, 15) is 0 Å². The predicted molar refractivity (Wildman–Crippen MR) is 333 cm³/mol.